The molecule has 1 aliphatic rings. The molecule has 1 aliphatic heterocycles. The first kappa shape index (κ1) is 15.0. The summed E-state index contributed by atoms with van der Waals surface area (Å²) in [6.07, 6.45) is -5.51. The van der Waals surface area contributed by atoms with Crippen molar-refractivity contribution in [2.75, 3.05) is 13.2 Å². The first-order valence-corrected chi connectivity index (χ1v) is 6.97. The largest absolute Gasteiger partial charge is 0.388 e. The Kier molecular flexibility index (Phi) is 5.06. The molecule has 0 radical (unpaired) electrons. The molecule has 5 atom stereocenters. The number of hydrogen-bond donors (Lipinski definition) is 6. The van der Waals surface area contributed by atoms with Gasteiger partial charge in [0.2, 0.25) is 0 Å². The lowest BCUT2D eigenvalue weighted by atomic mass is 9.95. The van der Waals surface area contributed by atoms with E-state index in [0.717, 1.165) is 0 Å². The standard InChI is InChI=1S/C8H18NO7P/c1-9-5-7(11)6(10)4(16-8(5)12)2-3-17(13,14)15/h4-12H,2-3H2,1H3,(H2,13,14,15)/t4-,5+,6-,7-,8?/m1/s1. The van der Waals surface area contributed by atoms with Gasteiger partial charge in [0, 0.05) is 0 Å². The second kappa shape index (κ2) is 5.73. The topological polar surface area (TPSA) is 139 Å². The van der Waals surface area contributed by atoms with Gasteiger partial charge in [-0.25, -0.2) is 0 Å². The average molecular weight is 271 g/mol. The number of hydrogen-bond acceptors (Lipinski definition) is 6. The fraction of sp³-hybridized carbons (Fsp3) is 1.00. The van der Waals surface area contributed by atoms with Gasteiger partial charge in [0.1, 0.15) is 12.2 Å². The van der Waals surface area contributed by atoms with Crippen LogP contribution in [0.5, 0.6) is 0 Å². The highest BCUT2D eigenvalue weighted by molar-refractivity contribution is 7.51. The van der Waals surface area contributed by atoms with Crippen LogP contribution in [0.4, 0.5) is 0 Å². The van der Waals surface area contributed by atoms with Gasteiger partial charge < -0.3 is 35.2 Å². The first-order chi connectivity index (χ1) is 7.76. The van der Waals surface area contributed by atoms with Crippen molar-refractivity contribution in [3.05, 3.63) is 0 Å². The second-order valence-electron chi connectivity index (χ2n) is 4.04. The Labute approximate surface area is 98.4 Å². The normalized spacial score (nSPS) is 39.3. The van der Waals surface area contributed by atoms with E-state index < -0.39 is 44.4 Å². The van der Waals surface area contributed by atoms with Crippen molar-refractivity contribution in [2.45, 2.75) is 37.1 Å². The molecule has 0 spiro atoms. The number of rotatable bonds is 4. The smallest absolute Gasteiger partial charge is 0.325 e. The summed E-state index contributed by atoms with van der Waals surface area (Å²) in [5, 5.41) is 31.4. The van der Waals surface area contributed by atoms with Gasteiger partial charge in [-0.05, 0) is 13.5 Å². The van der Waals surface area contributed by atoms with Crippen LogP contribution in [0.3, 0.4) is 0 Å². The van der Waals surface area contributed by atoms with Crippen LogP contribution in [0.15, 0.2) is 0 Å². The molecule has 0 aromatic rings. The molecule has 6 N–H and O–H groups in total. The minimum absolute atomic E-state index is 0.143. The molecular formula is C8H18NO7P. The van der Waals surface area contributed by atoms with Crippen LogP contribution in [0.25, 0.3) is 0 Å². The molecule has 9 heteroatoms. The van der Waals surface area contributed by atoms with Gasteiger partial charge >= 0.3 is 7.60 Å². The molecule has 0 aromatic heterocycles. The van der Waals surface area contributed by atoms with Crippen molar-refractivity contribution >= 4 is 7.60 Å². The molecule has 102 valence electrons. The average Bonchev–Trinajstić information content (AvgIpc) is 2.21. The van der Waals surface area contributed by atoms with Crippen LogP contribution in [0.1, 0.15) is 6.42 Å². The number of likely N-dealkylation sites (N-methyl/N-ethyl adjacent to an activating group) is 1. The Morgan fingerprint density at radius 2 is 1.82 bits per heavy atom. The van der Waals surface area contributed by atoms with Crippen LogP contribution >= 0.6 is 7.60 Å². The second-order valence-corrected chi connectivity index (χ2v) is 5.81. The summed E-state index contributed by atoms with van der Waals surface area (Å²) in [7, 11) is -2.70. The van der Waals surface area contributed by atoms with E-state index in [1.165, 1.54) is 7.05 Å². The molecule has 0 saturated carbocycles. The Morgan fingerprint density at radius 1 is 1.24 bits per heavy atom. The zero-order valence-electron chi connectivity index (χ0n) is 9.30. The third-order valence-electron chi connectivity index (χ3n) is 2.76. The maximum absolute atomic E-state index is 10.7. The molecule has 17 heavy (non-hydrogen) atoms. The van der Waals surface area contributed by atoms with Crippen LogP contribution in [0, 0.1) is 0 Å². The highest BCUT2D eigenvalue weighted by Gasteiger charge is 2.43. The zero-order chi connectivity index (χ0) is 13.2. The van der Waals surface area contributed by atoms with E-state index in [9.17, 15) is 19.9 Å². The van der Waals surface area contributed by atoms with Gasteiger partial charge in [0.15, 0.2) is 6.29 Å². The van der Waals surface area contributed by atoms with Crippen molar-refractivity contribution < 1.29 is 34.4 Å². The van der Waals surface area contributed by atoms with Crippen LogP contribution < -0.4 is 5.32 Å². The SMILES string of the molecule is CN[C@@H]1C(O)O[C@H](CCP(=O)(O)O)[C@@H](O)[C@@H]1O. The van der Waals surface area contributed by atoms with E-state index in [1.807, 2.05) is 0 Å². The lowest BCUT2D eigenvalue weighted by Gasteiger charge is -2.40. The molecule has 8 nitrogen and oxygen atoms in total. The number of ether oxygens (including phenoxy) is 1. The van der Waals surface area contributed by atoms with Crippen molar-refractivity contribution in [2.24, 2.45) is 0 Å². The summed E-state index contributed by atoms with van der Waals surface area (Å²) in [5.41, 5.74) is 0. The highest BCUT2D eigenvalue weighted by atomic mass is 31.2. The molecule has 0 amide bonds. The van der Waals surface area contributed by atoms with Crippen molar-refractivity contribution in [1.29, 1.82) is 0 Å². The molecule has 1 unspecified atom stereocenters. The summed E-state index contributed by atoms with van der Waals surface area (Å²) < 4.78 is 15.7. The third-order valence-corrected chi connectivity index (χ3v) is 3.60. The monoisotopic (exact) mass is 271 g/mol. The fourth-order valence-electron chi connectivity index (χ4n) is 1.79. The summed E-state index contributed by atoms with van der Waals surface area (Å²) in [6.45, 7) is 0. The van der Waals surface area contributed by atoms with E-state index in [1.54, 1.807) is 0 Å². The van der Waals surface area contributed by atoms with Crippen molar-refractivity contribution in [3.8, 4) is 0 Å². The molecule has 0 aromatic carbocycles. The maximum Gasteiger partial charge on any atom is 0.325 e. The van der Waals surface area contributed by atoms with Crippen molar-refractivity contribution in [3.63, 3.8) is 0 Å². The minimum atomic E-state index is -4.19. The van der Waals surface area contributed by atoms with Gasteiger partial charge in [-0.1, -0.05) is 0 Å². The van der Waals surface area contributed by atoms with E-state index in [0.29, 0.717) is 0 Å². The highest BCUT2D eigenvalue weighted by Crippen LogP contribution is 2.36. The summed E-state index contributed by atoms with van der Waals surface area (Å²) in [6, 6.07) is -0.837. The third kappa shape index (κ3) is 3.97. The Bertz CT molecular complexity index is 296. The molecular weight excluding hydrogens is 253 g/mol. The number of nitrogens with one attached hydrogen (secondary N) is 1. The van der Waals surface area contributed by atoms with E-state index in [-0.39, 0.29) is 6.42 Å². The molecule has 1 heterocycles. The molecule has 1 fully saturated rings. The van der Waals surface area contributed by atoms with Gasteiger partial charge in [0.25, 0.3) is 0 Å². The van der Waals surface area contributed by atoms with E-state index in [4.69, 9.17) is 14.5 Å². The quantitative estimate of drug-likeness (QED) is 0.310. The van der Waals surface area contributed by atoms with E-state index >= 15 is 0 Å². The Balaban J connectivity index is 2.61. The summed E-state index contributed by atoms with van der Waals surface area (Å²) in [5.74, 6) is 0. The van der Waals surface area contributed by atoms with Gasteiger partial charge in [-0.3, -0.25) is 4.57 Å². The zero-order valence-corrected chi connectivity index (χ0v) is 10.2. The van der Waals surface area contributed by atoms with Crippen LogP contribution in [-0.4, -0.2) is 69.0 Å². The fourth-order valence-corrected chi connectivity index (χ4v) is 2.38. The lowest BCUT2D eigenvalue weighted by Crippen LogP contribution is -2.61. The van der Waals surface area contributed by atoms with E-state index in [2.05, 4.69) is 5.32 Å². The van der Waals surface area contributed by atoms with Gasteiger partial charge in [0.05, 0.1) is 18.3 Å². The molecule has 0 bridgehead atoms. The predicted octanol–water partition coefficient (Wildman–Crippen LogP) is -2.42. The first-order valence-electron chi connectivity index (χ1n) is 5.18. The Morgan fingerprint density at radius 3 is 2.29 bits per heavy atom. The lowest BCUT2D eigenvalue weighted by molar-refractivity contribution is -0.247. The molecule has 1 saturated heterocycles. The number of aliphatic hydroxyl groups excluding tert-OH is 3. The molecule has 0 aliphatic carbocycles. The predicted molar refractivity (Wildman–Crippen MR) is 57.3 cm³/mol. The summed E-state index contributed by atoms with van der Waals surface area (Å²) in [4.78, 5) is 17.4. The number of aliphatic hydroxyl groups is 3. The van der Waals surface area contributed by atoms with Crippen LogP contribution in [-0.2, 0) is 9.30 Å². The Hall–Kier alpha value is -0.0500. The maximum atomic E-state index is 10.7. The van der Waals surface area contributed by atoms with Crippen LogP contribution in [0.2, 0.25) is 0 Å². The van der Waals surface area contributed by atoms with Gasteiger partial charge in [-0.2, -0.15) is 0 Å². The van der Waals surface area contributed by atoms with Crippen molar-refractivity contribution in [1.82, 2.24) is 5.32 Å². The molecule has 1 rings (SSSR count). The summed E-state index contributed by atoms with van der Waals surface area (Å²) >= 11 is 0. The minimum Gasteiger partial charge on any atom is -0.388 e. The van der Waals surface area contributed by atoms with Gasteiger partial charge in [-0.15, -0.1) is 0 Å².